The number of hydrogen-bond acceptors (Lipinski definition) is 6. The summed E-state index contributed by atoms with van der Waals surface area (Å²) in [5, 5.41) is 7.12. The standard InChI is InChI=1S/C19H21N3O4S.C2HF3O2/c1-21-15-9-12-22(19(23)14-6-4-5-11-20-14)13-10-16(15)26-17-7-2-3-8-18(17)27(21,24)25;3-2(4,5)1(6)7/h2-8,11,15-16H,9-10,12-13H2,1H3;(H,6,7)/t15-,16-;/m0./s1. The number of pyridine rings is 1. The predicted octanol–water partition coefficient (Wildman–Crippen LogP) is 2.40. The average Bonchev–Trinajstić information content (AvgIpc) is 3.04. The fraction of sp³-hybridized carbons (Fsp3) is 0.381. The summed E-state index contributed by atoms with van der Waals surface area (Å²) >= 11 is 0. The van der Waals surface area contributed by atoms with E-state index < -0.39 is 22.2 Å². The van der Waals surface area contributed by atoms with Crippen molar-refractivity contribution in [3.05, 3.63) is 54.4 Å². The van der Waals surface area contributed by atoms with Crippen molar-refractivity contribution in [2.24, 2.45) is 0 Å². The number of halogens is 3. The van der Waals surface area contributed by atoms with Gasteiger partial charge in [0, 0.05) is 32.8 Å². The Morgan fingerprint density at radius 1 is 1.09 bits per heavy atom. The number of hydrogen-bond donors (Lipinski definition) is 1. The number of carboxylic acid groups (broad SMARTS) is 1. The van der Waals surface area contributed by atoms with Crippen LogP contribution in [0.1, 0.15) is 23.3 Å². The van der Waals surface area contributed by atoms with Gasteiger partial charge in [-0.05, 0) is 30.7 Å². The van der Waals surface area contributed by atoms with E-state index in [9.17, 15) is 26.4 Å². The minimum atomic E-state index is -5.08. The number of amides is 1. The summed E-state index contributed by atoms with van der Waals surface area (Å²) in [6.07, 6.45) is -2.74. The largest absolute Gasteiger partial charge is 0.490 e. The predicted molar refractivity (Wildman–Crippen MR) is 113 cm³/mol. The SMILES string of the molecule is CN1[C@H]2CCN(C(=O)c3ccccn3)CC[C@@H]2Oc2ccccc2S1(=O)=O.O=C(O)C(F)(F)F. The van der Waals surface area contributed by atoms with Crippen LogP contribution in [0, 0.1) is 0 Å². The fourth-order valence-corrected chi connectivity index (χ4v) is 5.25. The number of likely N-dealkylation sites (N-methyl/N-ethyl adjacent to an activating group) is 1. The van der Waals surface area contributed by atoms with Crippen molar-refractivity contribution in [3.8, 4) is 5.75 Å². The highest BCUT2D eigenvalue weighted by atomic mass is 32.2. The zero-order valence-corrected chi connectivity index (χ0v) is 18.8. The molecule has 184 valence electrons. The second kappa shape index (κ2) is 9.97. The lowest BCUT2D eigenvalue weighted by atomic mass is 10.1. The second-order valence-corrected chi connectivity index (χ2v) is 9.55. The highest BCUT2D eigenvalue weighted by Gasteiger charge is 2.42. The van der Waals surface area contributed by atoms with Crippen molar-refractivity contribution in [2.75, 3.05) is 20.1 Å². The Morgan fingerprint density at radius 3 is 2.32 bits per heavy atom. The number of nitrogens with zero attached hydrogens (tertiary/aromatic N) is 3. The Hall–Kier alpha value is -3.19. The Morgan fingerprint density at radius 2 is 1.71 bits per heavy atom. The molecule has 34 heavy (non-hydrogen) atoms. The maximum Gasteiger partial charge on any atom is 0.490 e. The number of sulfonamides is 1. The average molecular weight is 501 g/mol. The number of aromatic nitrogens is 1. The molecule has 4 rings (SSSR count). The molecule has 2 aliphatic heterocycles. The first-order valence-corrected chi connectivity index (χ1v) is 11.6. The van der Waals surface area contributed by atoms with Gasteiger partial charge in [-0.25, -0.2) is 13.2 Å². The first kappa shape index (κ1) is 25.4. The molecule has 0 unspecified atom stereocenters. The summed E-state index contributed by atoms with van der Waals surface area (Å²) in [7, 11) is -2.05. The van der Waals surface area contributed by atoms with Gasteiger partial charge in [-0.1, -0.05) is 18.2 Å². The zero-order chi connectivity index (χ0) is 25.1. The van der Waals surface area contributed by atoms with E-state index in [4.69, 9.17) is 14.6 Å². The van der Waals surface area contributed by atoms with Crippen molar-refractivity contribution >= 4 is 21.9 Å². The van der Waals surface area contributed by atoms with Crippen LogP contribution in [-0.2, 0) is 14.8 Å². The normalized spacial score (nSPS) is 21.9. The van der Waals surface area contributed by atoms with E-state index in [2.05, 4.69) is 4.98 Å². The Bertz CT molecular complexity index is 1140. The van der Waals surface area contributed by atoms with Crippen LogP contribution in [-0.4, -0.2) is 78.0 Å². The Kier molecular flexibility index (Phi) is 7.46. The van der Waals surface area contributed by atoms with Crippen molar-refractivity contribution in [1.29, 1.82) is 0 Å². The van der Waals surface area contributed by atoms with Gasteiger partial charge >= 0.3 is 12.1 Å². The summed E-state index contributed by atoms with van der Waals surface area (Å²) in [6, 6.07) is 11.6. The van der Waals surface area contributed by atoms with Gasteiger partial charge in [0.15, 0.2) is 0 Å². The highest BCUT2D eigenvalue weighted by Crippen LogP contribution is 2.35. The van der Waals surface area contributed by atoms with E-state index in [1.807, 2.05) is 0 Å². The number of para-hydroxylation sites is 1. The van der Waals surface area contributed by atoms with E-state index in [1.165, 1.54) is 4.31 Å². The number of rotatable bonds is 1. The molecule has 9 nitrogen and oxygen atoms in total. The number of carbonyl (C=O) groups excluding carboxylic acids is 1. The van der Waals surface area contributed by atoms with Crippen LogP contribution in [0.25, 0.3) is 0 Å². The molecule has 1 fully saturated rings. The van der Waals surface area contributed by atoms with Gasteiger partial charge < -0.3 is 14.7 Å². The molecule has 2 aromatic rings. The van der Waals surface area contributed by atoms with Gasteiger partial charge in [0.2, 0.25) is 10.0 Å². The van der Waals surface area contributed by atoms with E-state index >= 15 is 0 Å². The second-order valence-electron chi connectivity index (χ2n) is 7.58. The summed E-state index contributed by atoms with van der Waals surface area (Å²) in [5.74, 6) is -2.52. The van der Waals surface area contributed by atoms with E-state index in [1.54, 1.807) is 60.6 Å². The lowest BCUT2D eigenvalue weighted by Crippen LogP contribution is -2.44. The van der Waals surface area contributed by atoms with Gasteiger partial charge in [0.05, 0.1) is 6.04 Å². The summed E-state index contributed by atoms with van der Waals surface area (Å²) in [5.41, 5.74) is 0.395. The molecule has 1 saturated heterocycles. The molecule has 0 saturated carbocycles. The summed E-state index contributed by atoms with van der Waals surface area (Å²) in [6.45, 7) is 0.947. The molecular weight excluding hydrogens is 479 g/mol. The number of aliphatic carboxylic acids is 1. The minimum Gasteiger partial charge on any atom is -0.487 e. The molecule has 2 atom stereocenters. The number of ether oxygens (including phenoxy) is 1. The third-order valence-electron chi connectivity index (χ3n) is 5.47. The molecule has 1 N–H and O–H groups in total. The number of likely N-dealkylation sites (tertiary alicyclic amines) is 1. The van der Waals surface area contributed by atoms with Gasteiger partial charge in [-0.2, -0.15) is 17.5 Å². The van der Waals surface area contributed by atoms with Crippen molar-refractivity contribution in [2.45, 2.75) is 36.1 Å². The zero-order valence-electron chi connectivity index (χ0n) is 18.0. The molecule has 0 spiro atoms. The molecule has 0 aliphatic carbocycles. The third kappa shape index (κ3) is 5.47. The van der Waals surface area contributed by atoms with Gasteiger partial charge in [0.25, 0.3) is 5.91 Å². The first-order chi connectivity index (χ1) is 15.9. The molecule has 13 heteroatoms. The number of fused-ring (bicyclic) bond motifs is 2. The van der Waals surface area contributed by atoms with Crippen molar-refractivity contribution < 1.29 is 41.0 Å². The van der Waals surface area contributed by atoms with Gasteiger partial charge in [-0.15, -0.1) is 0 Å². The molecule has 1 aromatic carbocycles. The topological polar surface area (TPSA) is 117 Å². The molecule has 0 radical (unpaired) electrons. The quantitative estimate of drug-likeness (QED) is 0.638. The van der Waals surface area contributed by atoms with Crippen LogP contribution < -0.4 is 4.74 Å². The first-order valence-electron chi connectivity index (χ1n) is 10.2. The number of carbonyl (C=O) groups is 2. The highest BCUT2D eigenvalue weighted by molar-refractivity contribution is 7.89. The minimum absolute atomic E-state index is 0.141. The lowest BCUT2D eigenvalue weighted by molar-refractivity contribution is -0.192. The van der Waals surface area contributed by atoms with E-state index in [0.29, 0.717) is 37.4 Å². The number of alkyl halides is 3. The smallest absolute Gasteiger partial charge is 0.487 e. The molecule has 3 heterocycles. The van der Waals surface area contributed by atoms with Crippen LogP contribution in [0.2, 0.25) is 0 Å². The Balaban J connectivity index is 0.000000406. The van der Waals surface area contributed by atoms with Crippen molar-refractivity contribution in [1.82, 2.24) is 14.2 Å². The van der Waals surface area contributed by atoms with Gasteiger partial charge in [0.1, 0.15) is 22.4 Å². The van der Waals surface area contributed by atoms with E-state index in [-0.39, 0.29) is 22.9 Å². The summed E-state index contributed by atoms with van der Waals surface area (Å²) in [4.78, 5) is 27.7. The summed E-state index contributed by atoms with van der Waals surface area (Å²) < 4.78 is 65.2. The van der Waals surface area contributed by atoms with Crippen LogP contribution >= 0.6 is 0 Å². The van der Waals surface area contributed by atoms with Crippen LogP contribution in [0.4, 0.5) is 13.2 Å². The van der Waals surface area contributed by atoms with Crippen LogP contribution in [0.3, 0.4) is 0 Å². The Labute approximate surface area is 193 Å². The molecule has 1 aromatic heterocycles. The third-order valence-corrected chi connectivity index (χ3v) is 7.39. The van der Waals surface area contributed by atoms with Crippen LogP contribution in [0.5, 0.6) is 5.75 Å². The molecule has 0 bridgehead atoms. The maximum atomic E-state index is 13.0. The molecular formula is C21H22F3N3O6S. The monoisotopic (exact) mass is 501 g/mol. The number of benzene rings is 1. The molecule has 2 aliphatic rings. The maximum absolute atomic E-state index is 13.0. The fourth-order valence-electron chi connectivity index (χ4n) is 3.73. The lowest BCUT2D eigenvalue weighted by Gasteiger charge is -2.28. The van der Waals surface area contributed by atoms with E-state index in [0.717, 1.165) is 0 Å². The van der Waals surface area contributed by atoms with Gasteiger partial charge in [-0.3, -0.25) is 9.78 Å². The molecule has 1 amide bonds. The van der Waals surface area contributed by atoms with Crippen molar-refractivity contribution in [3.63, 3.8) is 0 Å². The van der Waals surface area contributed by atoms with Crippen LogP contribution in [0.15, 0.2) is 53.6 Å². The number of carboxylic acids is 1.